The number of hydrogen-bond acceptors (Lipinski definition) is 9. The normalized spacial score (nSPS) is 23.0. The third-order valence-electron chi connectivity index (χ3n) is 7.20. The van der Waals surface area contributed by atoms with E-state index in [1.165, 1.54) is 7.11 Å². The maximum Gasteiger partial charge on any atom is 0.410 e. The van der Waals surface area contributed by atoms with Crippen LogP contribution in [-0.4, -0.2) is 127 Å². The monoisotopic (exact) mass is 524 g/mol. The number of amides is 2. The standard InChI is InChI=1S/C25H44N6O6/c1-25(2,3)37-23(33)30-10-7-18(8-11-30)21(22(26)27)31-17-19(36-24(31)34)16-29-14-12-28(13-15-29)9-5-6-20(32)35-4/h18-19,21H,5-17H2,1-4H3,(H3,26,27). The van der Waals surface area contributed by atoms with Crippen LogP contribution in [0.25, 0.3) is 0 Å². The summed E-state index contributed by atoms with van der Waals surface area (Å²) in [5, 5.41) is 8.21. The molecule has 3 saturated heterocycles. The average Bonchev–Trinajstić information content (AvgIpc) is 3.18. The fourth-order valence-electron chi connectivity index (χ4n) is 5.30. The van der Waals surface area contributed by atoms with Gasteiger partial charge >= 0.3 is 18.2 Å². The van der Waals surface area contributed by atoms with Crippen LogP contribution in [0.2, 0.25) is 0 Å². The van der Waals surface area contributed by atoms with Gasteiger partial charge in [-0.3, -0.25) is 20.0 Å². The molecule has 3 fully saturated rings. The highest BCUT2D eigenvalue weighted by atomic mass is 16.6. The maximum absolute atomic E-state index is 12.8. The molecule has 3 aliphatic heterocycles. The van der Waals surface area contributed by atoms with E-state index < -0.39 is 17.7 Å². The Balaban J connectivity index is 1.45. The quantitative estimate of drug-likeness (QED) is 0.198. The van der Waals surface area contributed by atoms with E-state index in [9.17, 15) is 14.4 Å². The summed E-state index contributed by atoms with van der Waals surface area (Å²) in [5.74, 6) is -0.242. The second kappa shape index (κ2) is 12.8. The molecule has 12 nitrogen and oxygen atoms in total. The molecule has 2 amide bonds. The predicted molar refractivity (Wildman–Crippen MR) is 137 cm³/mol. The minimum atomic E-state index is -0.554. The average molecular weight is 525 g/mol. The number of methoxy groups -OCH3 is 1. The van der Waals surface area contributed by atoms with Gasteiger partial charge in [0.1, 0.15) is 17.5 Å². The minimum Gasteiger partial charge on any atom is -0.469 e. The molecule has 0 bridgehead atoms. The minimum absolute atomic E-state index is 0.0176. The lowest BCUT2D eigenvalue weighted by molar-refractivity contribution is -0.140. The van der Waals surface area contributed by atoms with Crippen molar-refractivity contribution in [3.63, 3.8) is 0 Å². The lowest BCUT2D eigenvalue weighted by Gasteiger charge is -2.38. The summed E-state index contributed by atoms with van der Waals surface area (Å²) < 4.78 is 15.9. The number of rotatable bonds is 9. The first-order valence-electron chi connectivity index (χ1n) is 13.3. The van der Waals surface area contributed by atoms with Gasteiger partial charge in [0.2, 0.25) is 0 Å². The van der Waals surface area contributed by atoms with Crippen molar-refractivity contribution in [2.75, 3.05) is 66.0 Å². The van der Waals surface area contributed by atoms with E-state index >= 15 is 0 Å². The summed E-state index contributed by atoms with van der Waals surface area (Å²) in [4.78, 5) is 44.4. The maximum atomic E-state index is 12.8. The lowest BCUT2D eigenvalue weighted by Crippen LogP contribution is -2.53. The molecule has 0 aromatic rings. The molecular formula is C25H44N6O6. The molecule has 12 heteroatoms. The van der Waals surface area contributed by atoms with Crippen LogP contribution < -0.4 is 5.73 Å². The molecule has 3 aliphatic rings. The van der Waals surface area contributed by atoms with Gasteiger partial charge in [-0.05, 0) is 52.5 Å². The summed E-state index contributed by atoms with van der Waals surface area (Å²) in [6.45, 7) is 12.0. The molecule has 0 aromatic heterocycles. The molecule has 3 rings (SSSR count). The first-order valence-corrected chi connectivity index (χ1v) is 13.3. The number of ether oxygens (including phenoxy) is 3. The first kappa shape index (κ1) is 29.0. The van der Waals surface area contributed by atoms with Crippen LogP contribution in [0.1, 0.15) is 46.5 Å². The summed E-state index contributed by atoms with van der Waals surface area (Å²) in [5.41, 5.74) is 5.43. The number of hydrogen-bond donors (Lipinski definition) is 2. The number of nitrogens with zero attached hydrogens (tertiary/aromatic N) is 4. The third kappa shape index (κ3) is 8.46. The van der Waals surface area contributed by atoms with E-state index in [4.69, 9.17) is 25.4 Å². The van der Waals surface area contributed by atoms with Crippen molar-refractivity contribution in [3.05, 3.63) is 0 Å². The highest BCUT2D eigenvalue weighted by Crippen LogP contribution is 2.28. The second-order valence-electron chi connectivity index (χ2n) is 11.2. The molecule has 0 radical (unpaired) electrons. The zero-order chi connectivity index (χ0) is 27.2. The number of nitrogens with one attached hydrogen (secondary N) is 1. The van der Waals surface area contributed by atoms with Crippen LogP contribution in [0.15, 0.2) is 0 Å². The molecule has 0 saturated carbocycles. The van der Waals surface area contributed by atoms with E-state index in [1.54, 1.807) is 9.80 Å². The molecule has 2 atom stereocenters. The molecule has 210 valence electrons. The van der Waals surface area contributed by atoms with Gasteiger partial charge in [-0.15, -0.1) is 0 Å². The molecule has 2 unspecified atom stereocenters. The number of amidine groups is 1. The van der Waals surface area contributed by atoms with Gasteiger partial charge in [0.15, 0.2) is 0 Å². The number of likely N-dealkylation sites (tertiary alicyclic amines) is 1. The number of carbonyl (C=O) groups excluding carboxylic acids is 3. The summed E-state index contributed by atoms with van der Waals surface area (Å²) in [6, 6.07) is -0.537. The van der Waals surface area contributed by atoms with Crippen LogP contribution in [0.5, 0.6) is 0 Å². The van der Waals surface area contributed by atoms with Gasteiger partial charge in [-0.1, -0.05) is 0 Å². The van der Waals surface area contributed by atoms with Gasteiger partial charge in [-0.25, -0.2) is 9.59 Å². The Kier molecular flexibility index (Phi) is 10.00. The number of carbonyl (C=O) groups is 3. The molecule has 0 aliphatic carbocycles. The van der Waals surface area contributed by atoms with Crippen molar-refractivity contribution in [1.82, 2.24) is 19.6 Å². The number of piperazine rings is 1. The van der Waals surface area contributed by atoms with E-state index in [-0.39, 0.29) is 29.9 Å². The Hall–Kier alpha value is -2.60. The Morgan fingerprint density at radius 2 is 1.73 bits per heavy atom. The van der Waals surface area contributed by atoms with E-state index in [2.05, 4.69) is 9.80 Å². The Labute approximate surface area is 219 Å². The Morgan fingerprint density at radius 3 is 2.30 bits per heavy atom. The van der Waals surface area contributed by atoms with Crippen LogP contribution >= 0.6 is 0 Å². The molecular weight excluding hydrogens is 480 g/mol. The van der Waals surface area contributed by atoms with Crippen molar-refractivity contribution in [3.8, 4) is 0 Å². The third-order valence-corrected chi connectivity index (χ3v) is 7.20. The van der Waals surface area contributed by atoms with E-state index in [0.717, 1.165) is 39.1 Å². The van der Waals surface area contributed by atoms with Gasteiger partial charge in [0.05, 0.1) is 19.7 Å². The van der Waals surface area contributed by atoms with Crippen molar-refractivity contribution >= 4 is 24.0 Å². The molecule has 0 spiro atoms. The van der Waals surface area contributed by atoms with Gasteiger partial charge in [-0.2, -0.15) is 0 Å². The number of cyclic esters (lactones) is 1. The second-order valence-corrected chi connectivity index (χ2v) is 11.2. The molecule has 37 heavy (non-hydrogen) atoms. The van der Waals surface area contributed by atoms with Gasteiger partial charge < -0.3 is 29.7 Å². The SMILES string of the molecule is COC(=O)CCCN1CCN(CC2CN(C(C(=N)N)C3CCN(C(=O)OC(C)(C)C)CC3)C(=O)O2)CC1. The van der Waals surface area contributed by atoms with E-state index in [1.807, 2.05) is 20.8 Å². The molecule has 3 heterocycles. The molecule has 0 aromatic carbocycles. The number of piperidine rings is 1. The zero-order valence-electron chi connectivity index (χ0n) is 22.7. The molecule has 3 N–H and O–H groups in total. The van der Waals surface area contributed by atoms with Gasteiger partial charge in [0.25, 0.3) is 0 Å². The Morgan fingerprint density at radius 1 is 1.11 bits per heavy atom. The topological polar surface area (TPSA) is 142 Å². The van der Waals surface area contributed by atoms with E-state index in [0.29, 0.717) is 45.4 Å². The summed E-state index contributed by atoms with van der Waals surface area (Å²) in [6.07, 6.45) is 1.44. The lowest BCUT2D eigenvalue weighted by atomic mass is 9.88. The zero-order valence-corrected chi connectivity index (χ0v) is 22.7. The fourth-order valence-corrected chi connectivity index (χ4v) is 5.30. The number of nitrogens with two attached hydrogens (primary N) is 1. The van der Waals surface area contributed by atoms with Crippen molar-refractivity contribution in [2.24, 2.45) is 11.7 Å². The van der Waals surface area contributed by atoms with Crippen molar-refractivity contribution < 1.29 is 28.6 Å². The van der Waals surface area contributed by atoms with Crippen molar-refractivity contribution in [1.29, 1.82) is 5.41 Å². The highest BCUT2D eigenvalue weighted by molar-refractivity contribution is 5.87. The largest absolute Gasteiger partial charge is 0.469 e. The van der Waals surface area contributed by atoms with Crippen LogP contribution in [0.4, 0.5) is 9.59 Å². The number of esters is 1. The summed E-state index contributed by atoms with van der Waals surface area (Å²) >= 11 is 0. The van der Waals surface area contributed by atoms with Crippen LogP contribution in [0, 0.1) is 11.3 Å². The summed E-state index contributed by atoms with van der Waals surface area (Å²) in [7, 11) is 1.41. The highest BCUT2D eigenvalue weighted by Gasteiger charge is 2.43. The van der Waals surface area contributed by atoms with Crippen LogP contribution in [-0.2, 0) is 19.0 Å². The predicted octanol–water partition coefficient (Wildman–Crippen LogP) is 1.33. The van der Waals surface area contributed by atoms with Crippen LogP contribution in [0.3, 0.4) is 0 Å². The van der Waals surface area contributed by atoms with Gasteiger partial charge in [0, 0.05) is 52.2 Å². The Bertz CT molecular complexity index is 817. The smallest absolute Gasteiger partial charge is 0.410 e. The van der Waals surface area contributed by atoms with Crippen molar-refractivity contribution in [2.45, 2.75) is 64.2 Å². The fraction of sp³-hybridized carbons (Fsp3) is 0.840. The first-order chi connectivity index (χ1) is 17.5.